The van der Waals surface area contributed by atoms with E-state index in [4.69, 9.17) is 0 Å². The smallest absolute Gasteiger partial charge is 0.132 e. The first-order valence-corrected chi connectivity index (χ1v) is 5.84. The van der Waals surface area contributed by atoms with Crippen molar-refractivity contribution < 1.29 is 4.39 Å². The first-order chi connectivity index (χ1) is 7.74. The first-order valence-electron chi connectivity index (χ1n) is 5.00. The molecular formula is C12H13FN2S. The van der Waals surface area contributed by atoms with Crippen LogP contribution in [0.25, 0.3) is 11.4 Å². The van der Waals surface area contributed by atoms with Gasteiger partial charge in [0.2, 0.25) is 0 Å². The van der Waals surface area contributed by atoms with E-state index in [-0.39, 0.29) is 5.82 Å². The van der Waals surface area contributed by atoms with E-state index in [9.17, 15) is 4.39 Å². The lowest BCUT2D eigenvalue weighted by atomic mass is 10.1. The van der Waals surface area contributed by atoms with Crippen molar-refractivity contribution in [1.82, 2.24) is 9.27 Å². The molecule has 0 saturated heterocycles. The van der Waals surface area contributed by atoms with Gasteiger partial charge in [0.05, 0.1) is 11.4 Å². The van der Waals surface area contributed by atoms with E-state index in [0.717, 1.165) is 11.4 Å². The van der Waals surface area contributed by atoms with Crippen molar-refractivity contribution in [2.24, 2.45) is 0 Å². The fourth-order valence-corrected chi connectivity index (χ4v) is 2.09. The molecule has 0 aliphatic carbocycles. The van der Waals surface area contributed by atoms with E-state index < -0.39 is 0 Å². The minimum Gasteiger partial charge on any atom is -0.386 e. The molecule has 0 fully saturated rings. The summed E-state index contributed by atoms with van der Waals surface area (Å²) in [5, 5.41) is 5.04. The summed E-state index contributed by atoms with van der Waals surface area (Å²) in [5.74, 6) is -0.208. The fourth-order valence-electron chi connectivity index (χ4n) is 1.60. The van der Waals surface area contributed by atoms with Crippen LogP contribution < -0.4 is 5.32 Å². The first kappa shape index (κ1) is 11.0. The van der Waals surface area contributed by atoms with E-state index in [2.05, 4.69) is 5.32 Å². The summed E-state index contributed by atoms with van der Waals surface area (Å²) in [6, 6.07) is 6.78. The maximum Gasteiger partial charge on any atom is 0.132 e. The molecule has 1 aromatic carbocycles. The van der Waals surface area contributed by atoms with Gasteiger partial charge in [0.1, 0.15) is 5.82 Å². The van der Waals surface area contributed by atoms with Gasteiger partial charge in [0.15, 0.2) is 0 Å². The van der Waals surface area contributed by atoms with Crippen LogP contribution in [0.4, 0.5) is 4.39 Å². The number of hydrogen-bond acceptors (Lipinski definition) is 2. The van der Waals surface area contributed by atoms with Crippen molar-refractivity contribution in [2.75, 3.05) is 7.05 Å². The lowest BCUT2D eigenvalue weighted by Gasteiger charge is -2.15. The fraction of sp³-hybridized carbons (Fsp3) is 0.167. The van der Waals surface area contributed by atoms with Gasteiger partial charge in [0, 0.05) is 24.2 Å². The summed E-state index contributed by atoms with van der Waals surface area (Å²) in [4.78, 5) is 0. The van der Waals surface area contributed by atoms with Crippen molar-refractivity contribution in [2.45, 2.75) is 6.92 Å². The second-order valence-electron chi connectivity index (χ2n) is 3.41. The Morgan fingerprint density at radius 3 is 2.56 bits per heavy atom. The molecule has 2 aromatic rings. The summed E-state index contributed by atoms with van der Waals surface area (Å²) in [6.45, 7) is 1.97. The lowest BCUT2D eigenvalue weighted by Crippen LogP contribution is -2.11. The topological polar surface area (TPSA) is 17.0 Å². The number of halogens is 1. The summed E-state index contributed by atoms with van der Waals surface area (Å²) < 4.78 is 15.7. The third-order valence-electron chi connectivity index (χ3n) is 2.46. The summed E-state index contributed by atoms with van der Waals surface area (Å²) in [5.41, 5.74) is 2.42. The van der Waals surface area contributed by atoms with Crippen LogP contribution in [0.1, 0.15) is 12.5 Å². The van der Waals surface area contributed by atoms with Gasteiger partial charge in [-0.3, -0.25) is 3.96 Å². The quantitative estimate of drug-likeness (QED) is 0.865. The Hall–Kier alpha value is -1.55. The van der Waals surface area contributed by atoms with Crippen LogP contribution in [0.15, 0.2) is 35.8 Å². The molecule has 0 saturated carbocycles. The molecule has 0 spiro atoms. The van der Waals surface area contributed by atoms with Crippen LogP contribution in [0.5, 0.6) is 0 Å². The van der Waals surface area contributed by atoms with Crippen LogP contribution in [-0.2, 0) is 0 Å². The average Bonchev–Trinajstić information content (AvgIpc) is 2.19. The van der Waals surface area contributed by atoms with E-state index in [1.165, 1.54) is 6.07 Å². The van der Waals surface area contributed by atoms with Crippen molar-refractivity contribution in [1.29, 1.82) is 0 Å². The van der Waals surface area contributed by atoms with Gasteiger partial charge in [-0.1, -0.05) is 23.7 Å². The van der Waals surface area contributed by atoms with Gasteiger partial charge in [-0.15, -0.1) is 0 Å². The zero-order valence-corrected chi connectivity index (χ0v) is 10.0. The minimum absolute atomic E-state index is 0.208. The standard InChI is InChI=1S/C12H13FN2S/c1-9(15-7-8-16-15)12(14-2)10-5-3-4-6-11(10)13/h3-8,14H,1-2H3/b12-9-. The molecule has 1 heterocycles. The number of rotatable bonds is 3. The van der Waals surface area contributed by atoms with Gasteiger partial charge in [-0.25, -0.2) is 4.39 Å². The molecule has 1 aromatic heterocycles. The van der Waals surface area contributed by atoms with E-state index in [1.54, 1.807) is 30.7 Å². The number of hydrogen-bond donors (Lipinski definition) is 1. The van der Waals surface area contributed by atoms with Crippen LogP contribution >= 0.6 is 11.5 Å². The Morgan fingerprint density at radius 2 is 2.06 bits per heavy atom. The highest BCUT2D eigenvalue weighted by molar-refractivity contribution is 7.05. The van der Waals surface area contributed by atoms with Crippen molar-refractivity contribution in [3.8, 4) is 0 Å². The predicted octanol–water partition coefficient (Wildman–Crippen LogP) is 3.25. The second kappa shape index (κ2) is 4.53. The van der Waals surface area contributed by atoms with E-state index in [1.807, 2.05) is 28.5 Å². The molecule has 1 N–H and O–H groups in total. The second-order valence-corrected chi connectivity index (χ2v) is 4.28. The molecule has 0 atom stereocenters. The highest BCUT2D eigenvalue weighted by atomic mass is 32.1. The zero-order valence-electron chi connectivity index (χ0n) is 9.20. The monoisotopic (exact) mass is 236 g/mol. The minimum atomic E-state index is -0.208. The molecule has 0 radical (unpaired) electrons. The van der Waals surface area contributed by atoms with Gasteiger partial charge >= 0.3 is 0 Å². The molecule has 0 aliphatic rings. The molecular weight excluding hydrogens is 223 g/mol. The number of nitrogens with zero attached hydrogens (tertiary/aromatic N) is 1. The Labute approximate surface area is 98.2 Å². The SMILES string of the molecule is CN/C(=C(/C)n1ccs1)c1ccccc1F. The molecule has 0 aliphatic heterocycles. The Balaban J connectivity index is 2.50. The third kappa shape index (κ3) is 1.88. The van der Waals surface area contributed by atoms with Gasteiger partial charge < -0.3 is 5.32 Å². The third-order valence-corrected chi connectivity index (χ3v) is 3.32. The molecule has 0 amide bonds. The molecule has 2 rings (SSSR count). The Kier molecular flexibility index (Phi) is 3.10. The summed E-state index contributed by atoms with van der Waals surface area (Å²) in [7, 11) is 1.80. The molecule has 0 unspecified atom stereocenters. The van der Waals surface area contributed by atoms with Gasteiger partial charge in [-0.05, 0) is 19.1 Å². The van der Waals surface area contributed by atoms with Crippen LogP contribution in [0.2, 0.25) is 0 Å². The zero-order chi connectivity index (χ0) is 11.5. The number of benzene rings is 1. The Morgan fingerprint density at radius 1 is 1.38 bits per heavy atom. The molecule has 2 nitrogen and oxygen atoms in total. The maximum atomic E-state index is 13.7. The molecule has 84 valence electrons. The highest BCUT2D eigenvalue weighted by Crippen LogP contribution is 2.23. The van der Waals surface area contributed by atoms with Crippen LogP contribution in [0, 0.1) is 5.82 Å². The lowest BCUT2D eigenvalue weighted by molar-refractivity contribution is 0.622. The maximum absolute atomic E-state index is 13.7. The van der Waals surface area contributed by atoms with Crippen LogP contribution in [-0.4, -0.2) is 11.0 Å². The number of nitrogens with one attached hydrogen (secondary N) is 1. The van der Waals surface area contributed by atoms with Crippen molar-refractivity contribution in [3.05, 3.63) is 47.2 Å². The van der Waals surface area contributed by atoms with Crippen molar-refractivity contribution >= 4 is 22.9 Å². The van der Waals surface area contributed by atoms with E-state index >= 15 is 0 Å². The summed E-state index contributed by atoms with van der Waals surface area (Å²) in [6.07, 6.45) is 1.96. The largest absolute Gasteiger partial charge is 0.386 e. The Bertz CT molecular complexity index is 501. The normalized spacial score (nSPS) is 12.4. The highest BCUT2D eigenvalue weighted by Gasteiger charge is 2.10. The summed E-state index contributed by atoms with van der Waals surface area (Å²) >= 11 is 1.59. The van der Waals surface area contributed by atoms with Gasteiger partial charge in [-0.2, -0.15) is 0 Å². The predicted molar refractivity (Wildman–Crippen MR) is 66.6 cm³/mol. The van der Waals surface area contributed by atoms with Crippen molar-refractivity contribution in [3.63, 3.8) is 0 Å². The molecule has 0 bridgehead atoms. The molecule has 4 heteroatoms. The average molecular weight is 236 g/mol. The number of aromatic nitrogens is 1. The van der Waals surface area contributed by atoms with Crippen LogP contribution in [0.3, 0.4) is 0 Å². The van der Waals surface area contributed by atoms with Gasteiger partial charge in [0.25, 0.3) is 0 Å². The number of allylic oxidation sites excluding steroid dienone is 1. The molecule has 16 heavy (non-hydrogen) atoms. The van der Waals surface area contributed by atoms with E-state index in [0.29, 0.717) is 5.56 Å².